The monoisotopic (exact) mass is 273 g/mol. The molecule has 0 radical (unpaired) electrons. The lowest BCUT2D eigenvalue weighted by molar-refractivity contribution is -0.144. The molecular formula is C13H23NO3S. The van der Waals surface area contributed by atoms with Crippen LogP contribution in [0.25, 0.3) is 0 Å². The van der Waals surface area contributed by atoms with Gasteiger partial charge < -0.3 is 10.4 Å². The number of rotatable bonds is 6. The van der Waals surface area contributed by atoms with Gasteiger partial charge in [-0.25, -0.2) is 0 Å². The molecule has 3 atom stereocenters. The molecule has 0 aliphatic heterocycles. The molecule has 0 aromatic heterocycles. The van der Waals surface area contributed by atoms with E-state index in [1.54, 1.807) is 11.8 Å². The molecule has 1 rings (SSSR count). The van der Waals surface area contributed by atoms with Gasteiger partial charge in [0.25, 0.3) is 0 Å². The van der Waals surface area contributed by atoms with Crippen LogP contribution in [0.15, 0.2) is 0 Å². The van der Waals surface area contributed by atoms with Crippen molar-refractivity contribution in [2.45, 2.75) is 45.1 Å². The molecule has 1 amide bonds. The van der Waals surface area contributed by atoms with E-state index >= 15 is 0 Å². The topological polar surface area (TPSA) is 66.4 Å². The first-order valence-electron chi connectivity index (χ1n) is 6.56. The number of carboxylic acids is 1. The lowest BCUT2D eigenvalue weighted by Crippen LogP contribution is -2.40. The Morgan fingerprint density at radius 1 is 1.39 bits per heavy atom. The Bertz CT molecular complexity index is 296. The summed E-state index contributed by atoms with van der Waals surface area (Å²) in [5, 5.41) is 12.0. The van der Waals surface area contributed by atoms with Crippen LogP contribution >= 0.6 is 11.8 Å². The Balaban J connectivity index is 2.38. The quantitative estimate of drug-likeness (QED) is 0.778. The zero-order valence-corrected chi connectivity index (χ0v) is 12.0. The van der Waals surface area contributed by atoms with Crippen LogP contribution in [0.1, 0.15) is 39.0 Å². The van der Waals surface area contributed by atoms with E-state index in [9.17, 15) is 9.59 Å². The zero-order valence-electron chi connectivity index (χ0n) is 11.1. The number of hydrogen-bond acceptors (Lipinski definition) is 3. The van der Waals surface area contributed by atoms with Crippen LogP contribution in [0.3, 0.4) is 0 Å². The summed E-state index contributed by atoms with van der Waals surface area (Å²) >= 11 is 1.77. The van der Waals surface area contributed by atoms with Gasteiger partial charge in [-0.3, -0.25) is 9.59 Å². The minimum absolute atomic E-state index is 0.0366. The lowest BCUT2D eigenvalue weighted by atomic mass is 9.81. The van der Waals surface area contributed by atoms with E-state index in [0.717, 1.165) is 25.0 Å². The first kappa shape index (κ1) is 15.3. The fourth-order valence-corrected chi connectivity index (χ4v) is 2.97. The van der Waals surface area contributed by atoms with E-state index in [0.29, 0.717) is 12.8 Å². The number of carbonyl (C=O) groups is 2. The number of thioether (sulfide) groups is 1. The summed E-state index contributed by atoms with van der Waals surface area (Å²) in [6.45, 7) is 2.01. The first-order chi connectivity index (χ1) is 8.54. The van der Waals surface area contributed by atoms with Crippen LogP contribution in [0.2, 0.25) is 0 Å². The van der Waals surface area contributed by atoms with E-state index in [4.69, 9.17) is 5.11 Å². The molecule has 1 saturated carbocycles. The van der Waals surface area contributed by atoms with Crippen molar-refractivity contribution in [1.82, 2.24) is 5.32 Å². The van der Waals surface area contributed by atoms with Crippen molar-refractivity contribution in [1.29, 1.82) is 0 Å². The van der Waals surface area contributed by atoms with Gasteiger partial charge in [0.1, 0.15) is 0 Å². The van der Waals surface area contributed by atoms with Crippen LogP contribution in [0, 0.1) is 11.8 Å². The Morgan fingerprint density at radius 2 is 2.06 bits per heavy atom. The highest BCUT2D eigenvalue weighted by atomic mass is 32.2. The second-order valence-electron chi connectivity index (χ2n) is 5.09. The number of amides is 1. The van der Waals surface area contributed by atoms with Gasteiger partial charge in [0, 0.05) is 12.0 Å². The van der Waals surface area contributed by atoms with Gasteiger partial charge >= 0.3 is 5.97 Å². The SMILES string of the molecule is CSCCC(C)NC(=O)C1CCCC(C(=O)O)C1. The van der Waals surface area contributed by atoms with E-state index < -0.39 is 5.97 Å². The number of nitrogens with one attached hydrogen (secondary N) is 1. The van der Waals surface area contributed by atoms with E-state index in [2.05, 4.69) is 5.32 Å². The summed E-state index contributed by atoms with van der Waals surface area (Å²) in [5.74, 6) is -0.144. The van der Waals surface area contributed by atoms with Crippen molar-refractivity contribution in [3.8, 4) is 0 Å². The molecule has 0 spiro atoms. The zero-order chi connectivity index (χ0) is 13.5. The summed E-state index contributed by atoms with van der Waals surface area (Å²) in [6.07, 6.45) is 5.88. The Hall–Kier alpha value is -0.710. The van der Waals surface area contributed by atoms with Crippen LogP contribution in [0.4, 0.5) is 0 Å². The van der Waals surface area contributed by atoms with Crippen LogP contribution in [0.5, 0.6) is 0 Å². The van der Waals surface area contributed by atoms with Crippen LogP contribution in [-0.4, -0.2) is 35.0 Å². The lowest BCUT2D eigenvalue weighted by Gasteiger charge is -2.27. The van der Waals surface area contributed by atoms with Gasteiger partial charge in [-0.05, 0) is 44.6 Å². The van der Waals surface area contributed by atoms with Crippen molar-refractivity contribution in [3.05, 3.63) is 0 Å². The molecule has 1 aliphatic carbocycles. The maximum Gasteiger partial charge on any atom is 0.306 e. The minimum Gasteiger partial charge on any atom is -0.481 e. The predicted molar refractivity (Wildman–Crippen MR) is 73.7 cm³/mol. The van der Waals surface area contributed by atoms with Crippen molar-refractivity contribution >= 4 is 23.6 Å². The molecule has 0 heterocycles. The van der Waals surface area contributed by atoms with Crippen molar-refractivity contribution in [3.63, 3.8) is 0 Å². The molecule has 0 aromatic carbocycles. The highest BCUT2D eigenvalue weighted by molar-refractivity contribution is 7.98. The van der Waals surface area contributed by atoms with Gasteiger partial charge in [0.05, 0.1) is 5.92 Å². The molecule has 0 saturated heterocycles. The molecule has 0 aromatic rings. The number of carboxylic acid groups (broad SMARTS) is 1. The second kappa shape index (κ2) is 7.67. The van der Waals surface area contributed by atoms with Gasteiger partial charge in [0.2, 0.25) is 5.91 Å². The third kappa shape index (κ3) is 4.88. The predicted octanol–water partition coefficient (Wildman–Crippen LogP) is 2.14. The Morgan fingerprint density at radius 3 is 2.67 bits per heavy atom. The van der Waals surface area contributed by atoms with E-state index in [1.807, 2.05) is 13.2 Å². The second-order valence-corrected chi connectivity index (χ2v) is 6.08. The fourth-order valence-electron chi connectivity index (χ4n) is 2.38. The third-order valence-corrected chi connectivity index (χ3v) is 4.18. The average molecular weight is 273 g/mol. The van der Waals surface area contributed by atoms with Gasteiger partial charge in [0.15, 0.2) is 0 Å². The standard InChI is InChI=1S/C13H23NO3S/c1-9(6-7-18-2)14-12(15)10-4-3-5-11(8-10)13(16)17/h9-11H,3-8H2,1-2H3,(H,14,15)(H,16,17). The fraction of sp³-hybridized carbons (Fsp3) is 0.846. The minimum atomic E-state index is -0.761. The maximum atomic E-state index is 12.0. The Labute approximate surface area is 113 Å². The molecule has 1 aliphatic rings. The molecule has 5 heteroatoms. The van der Waals surface area contributed by atoms with E-state index in [-0.39, 0.29) is 23.8 Å². The number of hydrogen-bond donors (Lipinski definition) is 2. The van der Waals surface area contributed by atoms with Gasteiger partial charge in [-0.15, -0.1) is 0 Å². The van der Waals surface area contributed by atoms with E-state index in [1.165, 1.54) is 0 Å². The third-order valence-electron chi connectivity index (χ3n) is 3.54. The summed E-state index contributed by atoms with van der Waals surface area (Å²) in [7, 11) is 0. The largest absolute Gasteiger partial charge is 0.481 e. The number of aliphatic carboxylic acids is 1. The molecule has 2 N–H and O–H groups in total. The highest BCUT2D eigenvalue weighted by Gasteiger charge is 2.31. The van der Waals surface area contributed by atoms with Crippen LogP contribution in [-0.2, 0) is 9.59 Å². The summed E-state index contributed by atoms with van der Waals surface area (Å²) in [4.78, 5) is 23.0. The van der Waals surface area contributed by atoms with Gasteiger partial charge in [-0.1, -0.05) is 6.42 Å². The van der Waals surface area contributed by atoms with Crippen molar-refractivity contribution < 1.29 is 14.7 Å². The molecule has 1 fully saturated rings. The van der Waals surface area contributed by atoms with Crippen molar-refractivity contribution in [2.24, 2.45) is 11.8 Å². The average Bonchev–Trinajstić information content (AvgIpc) is 2.36. The number of carbonyl (C=O) groups excluding carboxylic acids is 1. The molecule has 4 nitrogen and oxygen atoms in total. The maximum absolute atomic E-state index is 12.0. The first-order valence-corrected chi connectivity index (χ1v) is 7.96. The van der Waals surface area contributed by atoms with Crippen molar-refractivity contribution in [2.75, 3.05) is 12.0 Å². The molecular weight excluding hydrogens is 250 g/mol. The smallest absolute Gasteiger partial charge is 0.306 e. The highest BCUT2D eigenvalue weighted by Crippen LogP contribution is 2.29. The summed E-state index contributed by atoms with van der Waals surface area (Å²) in [5.41, 5.74) is 0. The Kier molecular flexibility index (Phi) is 6.54. The molecule has 18 heavy (non-hydrogen) atoms. The molecule has 3 unspecified atom stereocenters. The summed E-state index contributed by atoms with van der Waals surface area (Å²) in [6, 6.07) is 0.176. The van der Waals surface area contributed by atoms with Gasteiger partial charge in [-0.2, -0.15) is 11.8 Å². The van der Waals surface area contributed by atoms with Crippen LogP contribution < -0.4 is 5.32 Å². The molecule has 0 bridgehead atoms. The normalized spacial score (nSPS) is 25.4. The summed E-state index contributed by atoms with van der Waals surface area (Å²) < 4.78 is 0. The molecule has 104 valence electrons.